The standard InChI is InChI=1S/C12H12N2S/c1-2-11-13-10-7-8-5-3-4-6-9(8)14-12(10)15-11/h2,7H,1,3-6H2. The monoisotopic (exact) mass is 216 g/mol. The van der Waals surface area contributed by atoms with E-state index in [1.807, 2.05) is 0 Å². The SMILES string of the molecule is C=Cc1nc2cc3c(nc2s1)CCCC3. The number of hydrogen-bond acceptors (Lipinski definition) is 3. The van der Waals surface area contributed by atoms with Gasteiger partial charge in [-0.15, -0.1) is 0 Å². The number of nitrogens with zero attached hydrogens (tertiary/aromatic N) is 2. The molecule has 0 atom stereocenters. The molecule has 0 saturated carbocycles. The molecule has 2 aromatic heterocycles. The van der Waals surface area contributed by atoms with E-state index in [1.165, 1.54) is 30.5 Å². The molecule has 0 amide bonds. The summed E-state index contributed by atoms with van der Waals surface area (Å²) in [6.45, 7) is 3.74. The van der Waals surface area contributed by atoms with Crippen molar-refractivity contribution in [3.63, 3.8) is 0 Å². The van der Waals surface area contributed by atoms with Crippen molar-refractivity contribution in [2.24, 2.45) is 0 Å². The number of thiazole rings is 1. The molecule has 3 rings (SSSR count). The van der Waals surface area contributed by atoms with Crippen LogP contribution in [-0.2, 0) is 12.8 Å². The molecule has 0 aromatic carbocycles. The van der Waals surface area contributed by atoms with E-state index in [0.29, 0.717) is 0 Å². The van der Waals surface area contributed by atoms with Gasteiger partial charge >= 0.3 is 0 Å². The van der Waals surface area contributed by atoms with Crippen LogP contribution in [0, 0.1) is 0 Å². The van der Waals surface area contributed by atoms with Gasteiger partial charge in [-0.05, 0) is 43.4 Å². The molecular weight excluding hydrogens is 204 g/mol. The Morgan fingerprint density at radius 3 is 3.00 bits per heavy atom. The molecule has 0 fully saturated rings. The molecule has 0 N–H and O–H groups in total. The fraction of sp³-hybridized carbons (Fsp3) is 0.333. The second-order valence-corrected chi connectivity index (χ2v) is 4.89. The second kappa shape index (κ2) is 3.42. The third-order valence-electron chi connectivity index (χ3n) is 2.85. The van der Waals surface area contributed by atoms with E-state index in [9.17, 15) is 0 Å². The van der Waals surface area contributed by atoms with Gasteiger partial charge in [0.1, 0.15) is 15.4 Å². The highest BCUT2D eigenvalue weighted by atomic mass is 32.1. The molecule has 0 saturated heterocycles. The van der Waals surface area contributed by atoms with Crippen molar-refractivity contribution in [2.45, 2.75) is 25.7 Å². The first kappa shape index (κ1) is 9.04. The minimum Gasteiger partial charge on any atom is -0.240 e. The lowest BCUT2D eigenvalue weighted by molar-refractivity contribution is 0.671. The van der Waals surface area contributed by atoms with Crippen LogP contribution in [0.3, 0.4) is 0 Å². The zero-order chi connectivity index (χ0) is 10.3. The molecule has 2 nitrogen and oxygen atoms in total. The average Bonchev–Trinajstić information content (AvgIpc) is 2.67. The number of pyridine rings is 1. The summed E-state index contributed by atoms with van der Waals surface area (Å²) in [6, 6.07) is 2.21. The van der Waals surface area contributed by atoms with Crippen LogP contribution in [0.2, 0.25) is 0 Å². The third kappa shape index (κ3) is 1.47. The lowest BCUT2D eigenvalue weighted by Gasteiger charge is -2.13. The Hall–Kier alpha value is -1.22. The summed E-state index contributed by atoms with van der Waals surface area (Å²) < 4.78 is 0. The van der Waals surface area contributed by atoms with Crippen LogP contribution in [0.25, 0.3) is 16.4 Å². The first-order chi connectivity index (χ1) is 7.36. The van der Waals surface area contributed by atoms with Gasteiger partial charge in [0.05, 0.1) is 0 Å². The summed E-state index contributed by atoms with van der Waals surface area (Å²) in [5.41, 5.74) is 3.72. The molecule has 1 aliphatic carbocycles. The zero-order valence-corrected chi connectivity index (χ0v) is 9.31. The highest BCUT2D eigenvalue weighted by Crippen LogP contribution is 2.27. The predicted molar refractivity (Wildman–Crippen MR) is 64.1 cm³/mol. The van der Waals surface area contributed by atoms with E-state index >= 15 is 0 Å². The third-order valence-corrected chi connectivity index (χ3v) is 3.81. The average molecular weight is 216 g/mol. The number of rotatable bonds is 1. The van der Waals surface area contributed by atoms with Gasteiger partial charge in [0.25, 0.3) is 0 Å². The normalized spacial score (nSPS) is 15.2. The molecule has 3 heteroatoms. The van der Waals surface area contributed by atoms with Gasteiger partial charge < -0.3 is 0 Å². The number of aromatic nitrogens is 2. The molecule has 0 aliphatic heterocycles. The highest BCUT2D eigenvalue weighted by Gasteiger charge is 2.13. The van der Waals surface area contributed by atoms with Crippen LogP contribution < -0.4 is 0 Å². The van der Waals surface area contributed by atoms with E-state index in [-0.39, 0.29) is 0 Å². The summed E-state index contributed by atoms with van der Waals surface area (Å²) in [7, 11) is 0. The first-order valence-electron chi connectivity index (χ1n) is 5.28. The van der Waals surface area contributed by atoms with E-state index in [2.05, 4.69) is 17.6 Å². The van der Waals surface area contributed by atoms with Gasteiger partial charge in [0.15, 0.2) is 0 Å². The molecule has 0 unspecified atom stereocenters. The van der Waals surface area contributed by atoms with Gasteiger partial charge in [0, 0.05) is 5.69 Å². The summed E-state index contributed by atoms with van der Waals surface area (Å²) >= 11 is 1.63. The van der Waals surface area contributed by atoms with Gasteiger partial charge in [0.2, 0.25) is 0 Å². The van der Waals surface area contributed by atoms with E-state index in [1.54, 1.807) is 17.4 Å². The van der Waals surface area contributed by atoms with Gasteiger partial charge in [-0.3, -0.25) is 0 Å². The molecular formula is C12H12N2S. The molecule has 0 bridgehead atoms. The number of fused-ring (bicyclic) bond motifs is 2. The predicted octanol–water partition coefficient (Wildman–Crippen LogP) is 3.21. The Labute approximate surface area is 92.7 Å². The molecule has 0 spiro atoms. The molecule has 76 valence electrons. The minimum absolute atomic E-state index is 0.972. The topological polar surface area (TPSA) is 25.8 Å². The van der Waals surface area contributed by atoms with Gasteiger partial charge in [-0.2, -0.15) is 0 Å². The summed E-state index contributed by atoms with van der Waals surface area (Å²) in [6.07, 6.45) is 6.66. The molecule has 2 heterocycles. The lowest BCUT2D eigenvalue weighted by Crippen LogP contribution is -2.04. The Kier molecular flexibility index (Phi) is 2.06. The number of hydrogen-bond donors (Lipinski definition) is 0. The summed E-state index contributed by atoms with van der Waals surface area (Å²) in [5, 5.41) is 0.972. The van der Waals surface area contributed by atoms with Crippen LogP contribution in [-0.4, -0.2) is 9.97 Å². The zero-order valence-electron chi connectivity index (χ0n) is 8.49. The van der Waals surface area contributed by atoms with Crippen LogP contribution in [0.5, 0.6) is 0 Å². The Morgan fingerprint density at radius 1 is 1.27 bits per heavy atom. The summed E-state index contributed by atoms with van der Waals surface area (Å²) in [4.78, 5) is 10.2. The van der Waals surface area contributed by atoms with Crippen molar-refractivity contribution in [1.29, 1.82) is 0 Å². The van der Waals surface area contributed by atoms with E-state index in [0.717, 1.165) is 21.8 Å². The van der Waals surface area contributed by atoms with Gasteiger partial charge in [-0.1, -0.05) is 17.9 Å². The van der Waals surface area contributed by atoms with E-state index in [4.69, 9.17) is 4.98 Å². The molecule has 0 radical (unpaired) electrons. The first-order valence-corrected chi connectivity index (χ1v) is 6.10. The lowest BCUT2D eigenvalue weighted by atomic mass is 9.96. The van der Waals surface area contributed by atoms with Crippen LogP contribution in [0.1, 0.15) is 29.1 Å². The molecule has 2 aromatic rings. The van der Waals surface area contributed by atoms with Crippen molar-refractivity contribution in [3.8, 4) is 0 Å². The van der Waals surface area contributed by atoms with Crippen LogP contribution in [0.15, 0.2) is 12.6 Å². The minimum atomic E-state index is 0.972. The maximum Gasteiger partial charge on any atom is 0.144 e. The van der Waals surface area contributed by atoms with Gasteiger partial charge in [-0.25, -0.2) is 9.97 Å². The maximum absolute atomic E-state index is 4.69. The molecule has 1 aliphatic rings. The van der Waals surface area contributed by atoms with Crippen LogP contribution in [0.4, 0.5) is 0 Å². The van der Waals surface area contributed by atoms with Crippen molar-refractivity contribution in [2.75, 3.05) is 0 Å². The fourth-order valence-corrected chi connectivity index (χ4v) is 2.88. The fourth-order valence-electron chi connectivity index (χ4n) is 2.09. The van der Waals surface area contributed by atoms with E-state index < -0.39 is 0 Å². The molecule has 15 heavy (non-hydrogen) atoms. The smallest absolute Gasteiger partial charge is 0.144 e. The maximum atomic E-state index is 4.69. The van der Waals surface area contributed by atoms with Crippen molar-refractivity contribution >= 4 is 27.8 Å². The Morgan fingerprint density at radius 2 is 2.13 bits per heavy atom. The summed E-state index contributed by atoms with van der Waals surface area (Å²) in [5.74, 6) is 0. The second-order valence-electron chi connectivity index (χ2n) is 3.88. The van der Waals surface area contributed by atoms with Crippen LogP contribution >= 0.6 is 11.3 Å². The number of aryl methyl sites for hydroxylation is 2. The van der Waals surface area contributed by atoms with Crippen molar-refractivity contribution < 1.29 is 0 Å². The van der Waals surface area contributed by atoms with Crippen molar-refractivity contribution in [3.05, 3.63) is 28.9 Å². The highest BCUT2D eigenvalue weighted by molar-refractivity contribution is 7.18. The van der Waals surface area contributed by atoms with Crippen molar-refractivity contribution in [1.82, 2.24) is 9.97 Å². The Bertz CT molecular complexity index is 485. The largest absolute Gasteiger partial charge is 0.240 e. The quantitative estimate of drug-likeness (QED) is 0.731. The Balaban J connectivity index is 2.23.